The lowest BCUT2D eigenvalue weighted by atomic mass is 10.1. The summed E-state index contributed by atoms with van der Waals surface area (Å²) < 4.78 is 14.1. The molecule has 0 aliphatic heterocycles. The van der Waals surface area contributed by atoms with Gasteiger partial charge in [0.1, 0.15) is 11.6 Å². The zero-order valence-electron chi connectivity index (χ0n) is 10.1. The van der Waals surface area contributed by atoms with Crippen LogP contribution in [0.4, 0.5) is 10.1 Å². The molecule has 0 aliphatic rings. The SMILES string of the molecule is Cc1cc(I)ccc1NC(=O)c1cc(F)ccc1O. The van der Waals surface area contributed by atoms with E-state index in [1.54, 1.807) is 6.07 Å². The maximum atomic E-state index is 13.1. The van der Waals surface area contributed by atoms with Gasteiger partial charge in [-0.05, 0) is 71.5 Å². The number of anilines is 1. The minimum absolute atomic E-state index is 0.0852. The van der Waals surface area contributed by atoms with Crippen LogP contribution in [0.25, 0.3) is 0 Å². The molecule has 0 unspecified atom stereocenters. The van der Waals surface area contributed by atoms with Gasteiger partial charge in [-0.3, -0.25) is 4.79 Å². The highest BCUT2D eigenvalue weighted by atomic mass is 127. The molecule has 0 bridgehead atoms. The fraction of sp³-hybridized carbons (Fsp3) is 0.0714. The Morgan fingerprint density at radius 1 is 1.26 bits per heavy atom. The van der Waals surface area contributed by atoms with E-state index < -0.39 is 11.7 Å². The lowest BCUT2D eigenvalue weighted by Gasteiger charge is -2.09. The molecule has 2 rings (SSSR count). The van der Waals surface area contributed by atoms with Crippen LogP contribution < -0.4 is 5.32 Å². The van der Waals surface area contributed by atoms with E-state index in [2.05, 4.69) is 27.9 Å². The number of hydrogen-bond acceptors (Lipinski definition) is 2. The van der Waals surface area contributed by atoms with Crippen LogP contribution in [0.2, 0.25) is 0 Å². The van der Waals surface area contributed by atoms with Crippen molar-refractivity contribution in [2.24, 2.45) is 0 Å². The Labute approximate surface area is 123 Å². The summed E-state index contributed by atoms with van der Waals surface area (Å²) in [4.78, 5) is 12.0. The number of carbonyl (C=O) groups is 1. The second-order valence-corrected chi connectivity index (χ2v) is 5.32. The summed E-state index contributed by atoms with van der Waals surface area (Å²) in [7, 11) is 0. The molecule has 19 heavy (non-hydrogen) atoms. The summed E-state index contributed by atoms with van der Waals surface area (Å²) in [6, 6.07) is 8.81. The van der Waals surface area contributed by atoms with Gasteiger partial charge in [0.2, 0.25) is 0 Å². The van der Waals surface area contributed by atoms with E-state index in [0.29, 0.717) is 5.69 Å². The molecule has 0 aliphatic carbocycles. The van der Waals surface area contributed by atoms with Gasteiger partial charge < -0.3 is 10.4 Å². The van der Waals surface area contributed by atoms with Gasteiger partial charge in [-0.2, -0.15) is 0 Å². The minimum atomic E-state index is -0.567. The van der Waals surface area contributed by atoms with E-state index in [9.17, 15) is 14.3 Å². The Balaban J connectivity index is 2.28. The first-order valence-corrected chi connectivity index (χ1v) is 6.61. The fourth-order valence-electron chi connectivity index (χ4n) is 1.65. The third-order valence-corrected chi connectivity index (χ3v) is 3.31. The fourth-order valence-corrected chi connectivity index (χ4v) is 2.29. The van der Waals surface area contributed by atoms with Gasteiger partial charge in [-0.25, -0.2) is 4.39 Å². The van der Waals surface area contributed by atoms with Crippen molar-refractivity contribution in [1.29, 1.82) is 0 Å². The molecule has 98 valence electrons. The first kappa shape index (κ1) is 13.8. The van der Waals surface area contributed by atoms with Crippen molar-refractivity contribution in [3.8, 4) is 5.75 Å². The van der Waals surface area contributed by atoms with Gasteiger partial charge in [-0.1, -0.05) is 0 Å². The molecule has 0 radical (unpaired) electrons. The first-order chi connectivity index (χ1) is 8.97. The first-order valence-electron chi connectivity index (χ1n) is 5.53. The van der Waals surface area contributed by atoms with Crippen molar-refractivity contribution in [2.45, 2.75) is 6.92 Å². The average Bonchev–Trinajstić information content (AvgIpc) is 2.35. The molecule has 0 saturated carbocycles. The maximum Gasteiger partial charge on any atom is 0.259 e. The monoisotopic (exact) mass is 371 g/mol. The van der Waals surface area contributed by atoms with Crippen molar-refractivity contribution in [2.75, 3.05) is 5.32 Å². The summed E-state index contributed by atoms with van der Waals surface area (Å²) in [6.07, 6.45) is 0. The number of aromatic hydroxyl groups is 1. The quantitative estimate of drug-likeness (QED) is 0.792. The maximum absolute atomic E-state index is 13.1. The second kappa shape index (κ2) is 5.56. The molecular formula is C14H11FINO2. The number of halogens is 2. The lowest BCUT2D eigenvalue weighted by molar-refractivity contribution is 0.102. The van der Waals surface area contributed by atoms with Gasteiger partial charge in [0.25, 0.3) is 5.91 Å². The summed E-state index contributed by atoms with van der Waals surface area (Å²) in [5.41, 5.74) is 1.45. The molecule has 0 aromatic heterocycles. The van der Waals surface area contributed by atoms with Crippen molar-refractivity contribution in [3.63, 3.8) is 0 Å². The third-order valence-electron chi connectivity index (χ3n) is 2.64. The number of benzene rings is 2. The van der Waals surface area contributed by atoms with Crippen LogP contribution in [0.15, 0.2) is 36.4 Å². The van der Waals surface area contributed by atoms with E-state index in [-0.39, 0.29) is 11.3 Å². The van der Waals surface area contributed by atoms with Gasteiger partial charge in [-0.15, -0.1) is 0 Å². The molecule has 2 N–H and O–H groups in total. The van der Waals surface area contributed by atoms with Crippen LogP contribution >= 0.6 is 22.6 Å². The Morgan fingerprint density at radius 3 is 2.68 bits per heavy atom. The topological polar surface area (TPSA) is 49.3 Å². The van der Waals surface area contributed by atoms with E-state index in [1.807, 2.05) is 19.1 Å². The number of rotatable bonds is 2. The van der Waals surface area contributed by atoms with E-state index >= 15 is 0 Å². The number of hydrogen-bond donors (Lipinski definition) is 2. The van der Waals surface area contributed by atoms with Gasteiger partial charge >= 0.3 is 0 Å². The highest BCUT2D eigenvalue weighted by molar-refractivity contribution is 14.1. The van der Waals surface area contributed by atoms with Crippen molar-refractivity contribution in [1.82, 2.24) is 0 Å². The number of nitrogens with one attached hydrogen (secondary N) is 1. The second-order valence-electron chi connectivity index (χ2n) is 4.07. The van der Waals surface area contributed by atoms with Crippen molar-refractivity contribution in [3.05, 3.63) is 56.9 Å². The molecule has 0 fully saturated rings. The number of phenols is 1. The summed E-state index contributed by atoms with van der Waals surface area (Å²) >= 11 is 2.17. The number of aryl methyl sites for hydroxylation is 1. The van der Waals surface area contributed by atoms with E-state index in [4.69, 9.17) is 0 Å². The van der Waals surface area contributed by atoms with Gasteiger partial charge in [0.15, 0.2) is 0 Å². The summed E-state index contributed by atoms with van der Waals surface area (Å²) in [5.74, 6) is -1.36. The highest BCUT2D eigenvalue weighted by Crippen LogP contribution is 2.22. The average molecular weight is 371 g/mol. The number of amides is 1. The van der Waals surface area contributed by atoms with Gasteiger partial charge in [0.05, 0.1) is 5.56 Å². The highest BCUT2D eigenvalue weighted by Gasteiger charge is 2.13. The Bertz CT molecular complexity index is 643. The molecule has 0 spiro atoms. The Morgan fingerprint density at radius 2 is 2.00 bits per heavy atom. The molecule has 1 amide bonds. The Kier molecular flexibility index (Phi) is 4.04. The lowest BCUT2D eigenvalue weighted by Crippen LogP contribution is -2.13. The predicted molar refractivity (Wildman–Crippen MR) is 79.9 cm³/mol. The van der Waals surface area contributed by atoms with Crippen LogP contribution in [-0.4, -0.2) is 11.0 Å². The van der Waals surface area contributed by atoms with Crippen LogP contribution in [0, 0.1) is 16.3 Å². The third kappa shape index (κ3) is 3.23. The zero-order chi connectivity index (χ0) is 14.0. The Hall–Kier alpha value is -1.63. The summed E-state index contributed by atoms with van der Waals surface area (Å²) in [6.45, 7) is 1.86. The standard InChI is InChI=1S/C14H11FINO2/c1-8-6-10(16)3-4-12(8)17-14(19)11-7-9(15)2-5-13(11)18/h2-7,18H,1H3,(H,17,19). The molecule has 2 aromatic rings. The van der Waals surface area contributed by atoms with Crippen LogP contribution in [0.5, 0.6) is 5.75 Å². The zero-order valence-corrected chi connectivity index (χ0v) is 12.2. The predicted octanol–water partition coefficient (Wildman–Crippen LogP) is 3.70. The van der Waals surface area contributed by atoms with E-state index in [0.717, 1.165) is 27.3 Å². The minimum Gasteiger partial charge on any atom is -0.507 e. The molecule has 0 saturated heterocycles. The number of phenolic OH excluding ortho intramolecular Hbond substituents is 1. The molecule has 3 nitrogen and oxygen atoms in total. The summed E-state index contributed by atoms with van der Waals surface area (Å²) in [5, 5.41) is 12.2. The molecular weight excluding hydrogens is 360 g/mol. The van der Waals surface area contributed by atoms with Crippen LogP contribution in [-0.2, 0) is 0 Å². The molecule has 2 aromatic carbocycles. The normalized spacial score (nSPS) is 10.3. The van der Waals surface area contributed by atoms with Crippen molar-refractivity contribution >= 4 is 34.2 Å². The van der Waals surface area contributed by atoms with Crippen molar-refractivity contribution < 1.29 is 14.3 Å². The van der Waals surface area contributed by atoms with E-state index in [1.165, 1.54) is 0 Å². The molecule has 0 heterocycles. The van der Waals surface area contributed by atoms with Crippen LogP contribution in [0.1, 0.15) is 15.9 Å². The molecule has 0 atom stereocenters. The largest absolute Gasteiger partial charge is 0.507 e. The van der Waals surface area contributed by atoms with Gasteiger partial charge in [0, 0.05) is 9.26 Å². The number of carbonyl (C=O) groups excluding carboxylic acids is 1. The van der Waals surface area contributed by atoms with Crippen LogP contribution in [0.3, 0.4) is 0 Å². The molecule has 5 heteroatoms. The smallest absolute Gasteiger partial charge is 0.259 e.